The molecule has 0 aliphatic carbocycles. The summed E-state index contributed by atoms with van der Waals surface area (Å²) in [7, 11) is 1.54. The SMILES string of the molecule is CNC(=O)c1cc(CNc2ccccc2C(=O)Nc2ccc3c(c2C)OC(F)O3)ccn1. The lowest BCUT2D eigenvalue weighted by molar-refractivity contribution is -0.0654. The molecule has 2 aromatic carbocycles. The monoisotopic (exact) mass is 436 g/mol. The number of hydrogen-bond acceptors (Lipinski definition) is 6. The Morgan fingerprint density at radius 1 is 1.06 bits per heavy atom. The molecule has 2 amide bonds. The first-order valence-electron chi connectivity index (χ1n) is 9.88. The van der Waals surface area contributed by atoms with Crippen LogP contribution in [-0.4, -0.2) is 30.4 Å². The largest absolute Gasteiger partial charge is 0.425 e. The highest BCUT2D eigenvalue weighted by molar-refractivity contribution is 6.08. The first-order valence-corrected chi connectivity index (χ1v) is 9.88. The van der Waals surface area contributed by atoms with Crippen molar-refractivity contribution in [3.8, 4) is 11.5 Å². The van der Waals surface area contributed by atoms with Crippen LogP contribution in [0.4, 0.5) is 15.8 Å². The third kappa shape index (κ3) is 4.31. The van der Waals surface area contributed by atoms with Crippen molar-refractivity contribution in [2.24, 2.45) is 0 Å². The van der Waals surface area contributed by atoms with Crippen LogP contribution in [0.1, 0.15) is 32.0 Å². The van der Waals surface area contributed by atoms with Gasteiger partial charge in [0.05, 0.1) is 5.56 Å². The second-order valence-electron chi connectivity index (χ2n) is 7.06. The Morgan fingerprint density at radius 3 is 2.69 bits per heavy atom. The maximum Gasteiger partial charge on any atom is 0.397 e. The van der Waals surface area contributed by atoms with Gasteiger partial charge in [0.25, 0.3) is 11.8 Å². The number of fused-ring (bicyclic) bond motifs is 1. The number of alkyl halides is 1. The predicted octanol–water partition coefficient (Wildman–Crippen LogP) is 3.64. The van der Waals surface area contributed by atoms with E-state index in [-0.39, 0.29) is 17.6 Å². The van der Waals surface area contributed by atoms with Gasteiger partial charge in [-0.05, 0) is 48.9 Å². The van der Waals surface area contributed by atoms with Crippen LogP contribution < -0.4 is 25.4 Å². The summed E-state index contributed by atoms with van der Waals surface area (Å²) in [6.45, 7) is 0.252. The average Bonchev–Trinajstić information content (AvgIpc) is 3.20. The minimum atomic E-state index is -1.85. The summed E-state index contributed by atoms with van der Waals surface area (Å²) in [6.07, 6.45) is 1.56. The molecule has 4 rings (SSSR count). The number of aromatic nitrogens is 1. The van der Waals surface area contributed by atoms with Crippen LogP contribution in [0.25, 0.3) is 0 Å². The molecule has 3 N–H and O–H groups in total. The quantitative estimate of drug-likeness (QED) is 0.545. The lowest BCUT2D eigenvalue weighted by Crippen LogP contribution is -2.19. The number of para-hydroxylation sites is 1. The molecule has 32 heavy (non-hydrogen) atoms. The van der Waals surface area contributed by atoms with E-state index in [1.54, 1.807) is 62.6 Å². The molecular formula is C23H21FN4O4. The van der Waals surface area contributed by atoms with E-state index >= 15 is 0 Å². The van der Waals surface area contributed by atoms with E-state index in [9.17, 15) is 14.0 Å². The van der Waals surface area contributed by atoms with Crippen LogP contribution in [0.5, 0.6) is 11.5 Å². The molecule has 9 heteroatoms. The Morgan fingerprint density at radius 2 is 1.88 bits per heavy atom. The standard InChI is InChI=1S/C23H21FN4O4/c1-13-16(7-8-19-20(13)32-23(24)31-19)28-21(29)15-5-3-4-6-17(15)27-12-14-9-10-26-18(11-14)22(30)25-2/h3-11,23,27H,12H2,1-2H3,(H,25,30)(H,28,29). The number of nitrogens with one attached hydrogen (secondary N) is 3. The van der Waals surface area contributed by atoms with Gasteiger partial charge in [0.1, 0.15) is 5.69 Å². The minimum absolute atomic E-state index is 0.270. The number of nitrogens with zero attached hydrogens (tertiary/aromatic N) is 1. The number of hydrogen-bond donors (Lipinski definition) is 3. The van der Waals surface area contributed by atoms with Gasteiger partial charge in [-0.3, -0.25) is 14.6 Å². The van der Waals surface area contributed by atoms with Gasteiger partial charge in [-0.25, -0.2) is 0 Å². The molecule has 1 atom stereocenters. The molecule has 0 saturated carbocycles. The van der Waals surface area contributed by atoms with Crippen molar-refractivity contribution in [1.82, 2.24) is 10.3 Å². The molecule has 3 aromatic rings. The Balaban J connectivity index is 1.50. The number of carbonyl (C=O) groups excluding carboxylic acids is 2. The van der Waals surface area contributed by atoms with Crippen LogP contribution in [0, 0.1) is 6.92 Å². The highest BCUT2D eigenvalue weighted by Gasteiger charge is 2.27. The normalized spacial score (nSPS) is 14.0. The number of benzene rings is 2. The van der Waals surface area contributed by atoms with Gasteiger partial charge < -0.3 is 25.4 Å². The summed E-state index contributed by atoms with van der Waals surface area (Å²) in [6, 6.07) is 13.7. The Kier molecular flexibility index (Phi) is 5.89. The predicted molar refractivity (Wildman–Crippen MR) is 117 cm³/mol. The van der Waals surface area contributed by atoms with Crippen molar-refractivity contribution in [3.05, 3.63) is 77.1 Å². The fourth-order valence-electron chi connectivity index (χ4n) is 3.32. The van der Waals surface area contributed by atoms with Crippen molar-refractivity contribution in [2.75, 3.05) is 17.7 Å². The van der Waals surface area contributed by atoms with Crippen molar-refractivity contribution in [3.63, 3.8) is 0 Å². The van der Waals surface area contributed by atoms with Gasteiger partial charge in [-0.15, -0.1) is 0 Å². The summed E-state index contributed by atoms with van der Waals surface area (Å²) in [5.41, 5.74) is 3.25. The Hall–Kier alpha value is -4.14. The zero-order valence-electron chi connectivity index (χ0n) is 17.4. The number of anilines is 2. The lowest BCUT2D eigenvalue weighted by Gasteiger charge is -2.14. The zero-order chi connectivity index (χ0) is 22.7. The molecule has 0 bridgehead atoms. The van der Waals surface area contributed by atoms with Gasteiger partial charge in [-0.2, -0.15) is 4.39 Å². The van der Waals surface area contributed by atoms with E-state index in [1.807, 2.05) is 6.07 Å². The van der Waals surface area contributed by atoms with E-state index in [4.69, 9.17) is 9.47 Å². The topological polar surface area (TPSA) is 102 Å². The van der Waals surface area contributed by atoms with Crippen molar-refractivity contribution in [2.45, 2.75) is 20.0 Å². The fourth-order valence-corrected chi connectivity index (χ4v) is 3.32. The summed E-state index contributed by atoms with van der Waals surface area (Å²) >= 11 is 0. The van der Waals surface area contributed by atoms with Crippen molar-refractivity contribution < 1.29 is 23.5 Å². The second-order valence-corrected chi connectivity index (χ2v) is 7.06. The molecular weight excluding hydrogens is 415 g/mol. The summed E-state index contributed by atoms with van der Waals surface area (Å²) in [4.78, 5) is 28.8. The maximum atomic E-state index is 13.4. The summed E-state index contributed by atoms with van der Waals surface area (Å²) in [5, 5.41) is 8.61. The number of pyridine rings is 1. The minimum Gasteiger partial charge on any atom is -0.425 e. The highest BCUT2D eigenvalue weighted by atomic mass is 19.2. The molecule has 2 heterocycles. The summed E-state index contributed by atoms with van der Waals surface area (Å²) in [5.74, 6) is -0.0488. The Labute approximate surface area is 183 Å². The highest BCUT2D eigenvalue weighted by Crippen LogP contribution is 2.41. The van der Waals surface area contributed by atoms with E-state index < -0.39 is 6.54 Å². The van der Waals surface area contributed by atoms with E-state index in [0.717, 1.165) is 5.56 Å². The first-order chi connectivity index (χ1) is 15.5. The summed E-state index contributed by atoms with van der Waals surface area (Å²) < 4.78 is 23.3. The van der Waals surface area contributed by atoms with E-state index in [2.05, 4.69) is 20.9 Å². The van der Waals surface area contributed by atoms with Crippen LogP contribution in [-0.2, 0) is 6.54 Å². The van der Waals surface area contributed by atoms with Crippen molar-refractivity contribution >= 4 is 23.2 Å². The molecule has 1 unspecified atom stereocenters. The molecule has 8 nitrogen and oxygen atoms in total. The molecule has 0 saturated heterocycles. The third-order valence-corrected chi connectivity index (χ3v) is 4.99. The molecule has 1 aliphatic rings. The lowest BCUT2D eigenvalue weighted by atomic mass is 10.1. The second kappa shape index (κ2) is 8.93. The van der Waals surface area contributed by atoms with Gasteiger partial charge in [0, 0.05) is 36.7 Å². The van der Waals surface area contributed by atoms with Gasteiger partial charge in [0.2, 0.25) is 0 Å². The number of carbonyl (C=O) groups is 2. The molecule has 1 aliphatic heterocycles. The van der Waals surface area contributed by atoms with Crippen molar-refractivity contribution in [1.29, 1.82) is 0 Å². The van der Waals surface area contributed by atoms with Crippen LogP contribution in [0.3, 0.4) is 0 Å². The molecule has 164 valence electrons. The molecule has 0 spiro atoms. The smallest absolute Gasteiger partial charge is 0.397 e. The number of amides is 2. The van der Waals surface area contributed by atoms with E-state index in [0.29, 0.717) is 40.5 Å². The number of ether oxygens (including phenoxy) is 2. The average molecular weight is 436 g/mol. The Bertz CT molecular complexity index is 1180. The molecule has 0 fully saturated rings. The first kappa shape index (κ1) is 21.1. The van der Waals surface area contributed by atoms with Crippen LogP contribution >= 0.6 is 0 Å². The van der Waals surface area contributed by atoms with Crippen LogP contribution in [0.15, 0.2) is 54.7 Å². The zero-order valence-corrected chi connectivity index (χ0v) is 17.4. The number of halogens is 1. The number of rotatable bonds is 6. The molecule has 0 radical (unpaired) electrons. The third-order valence-electron chi connectivity index (χ3n) is 4.99. The maximum absolute atomic E-state index is 13.4. The van der Waals surface area contributed by atoms with Gasteiger partial charge >= 0.3 is 6.54 Å². The fraction of sp³-hybridized carbons (Fsp3) is 0.174. The molecule has 1 aromatic heterocycles. The van der Waals surface area contributed by atoms with Gasteiger partial charge in [-0.1, -0.05) is 12.1 Å². The van der Waals surface area contributed by atoms with E-state index in [1.165, 1.54) is 0 Å². The van der Waals surface area contributed by atoms with Gasteiger partial charge in [0.15, 0.2) is 11.5 Å². The van der Waals surface area contributed by atoms with Crippen LogP contribution in [0.2, 0.25) is 0 Å².